The third kappa shape index (κ3) is 3.41. The molecule has 2 heterocycles. The summed E-state index contributed by atoms with van der Waals surface area (Å²) in [6.45, 7) is 7.20. The molecule has 1 aliphatic carbocycles. The molecule has 1 saturated carbocycles. The summed E-state index contributed by atoms with van der Waals surface area (Å²) in [6.07, 6.45) is 5.79. The molecular formula is C17H25N5OS. The van der Waals surface area contributed by atoms with Gasteiger partial charge in [-0.3, -0.25) is 4.79 Å². The number of Topliss-reactive ketones (excluding diaryl/α,β-unsaturated/α-hetero) is 1. The fraction of sp³-hybridized carbons (Fsp3) is 0.647. The van der Waals surface area contributed by atoms with Gasteiger partial charge in [0.15, 0.2) is 5.78 Å². The molecular weight excluding hydrogens is 322 g/mol. The van der Waals surface area contributed by atoms with E-state index in [4.69, 9.17) is 0 Å². The van der Waals surface area contributed by atoms with Crippen molar-refractivity contribution in [3.8, 4) is 0 Å². The number of aromatic nitrogens is 5. The number of ketones is 1. The second-order valence-electron chi connectivity index (χ2n) is 6.49. The lowest BCUT2D eigenvalue weighted by atomic mass is 10.2. The van der Waals surface area contributed by atoms with Gasteiger partial charge in [0.25, 0.3) is 0 Å². The fourth-order valence-corrected chi connectivity index (χ4v) is 4.35. The van der Waals surface area contributed by atoms with Crippen LogP contribution in [-0.2, 0) is 6.54 Å². The predicted octanol–water partition coefficient (Wildman–Crippen LogP) is 3.59. The van der Waals surface area contributed by atoms with Crippen molar-refractivity contribution in [2.45, 2.75) is 70.6 Å². The van der Waals surface area contributed by atoms with Crippen molar-refractivity contribution < 1.29 is 4.79 Å². The molecule has 2 aromatic heterocycles. The Balaban J connectivity index is 1.68. The zero-order valence-electron chi connectivity index (χ0n) is 14.7. The number of carbonyl (C=O) groups excluding carboxylic acids is 1. The van der Waals surface area contributed by atoms with Crippen molar-refractivity contribution in [3.05, 3.63) is 23.0 Å². The molecule has 130 valence electrons. The molecule has 0 radical (unpaired) electrons. The first-order chi connectivity index (χ1) is 11.6. The summed E-state index contributed by atoms with van der Waals surface area (Å²) >= 11 is 1.45. The zero-order chi connectivity index (χ0) is 17.1. The molecule has 1 aliphatic rings. The Morgan fingerprint density at radius 3 is 2.79 bits per heavy atom. The van der Waals surface area contributed by atoms with Gasteiger partial charge in [-0.15, -0.1) is 5.10 Å². The van der Waals surface area contributed by atoms with Gasteiger partial charge in [-0.05, 0) is 49.6 Å². The Morgan fingerprint density at radius 2 is 2.08 bits per heavy atom. The minimum Gasteiger partial charge on any atom is -0.348 e. The maximum absolute atomic E-state index is 12.7. The maximum atomic E-state index is 12.7. The van der Waals surface area contributed by atoms with Crippen LogP contribution in [0.3, 0.4) is 0 Å². The molecule has 0 atom stereocenters. The molecule has 0 aliphatic heterocycles. The molecule has 0 bridgehead atoms. The van der Waals surface area contributed by atoms with Crippen molar-refractivity contribution >= 4 is 17.5 Å². The minimum atomic E-state index is 0.149. The second kappa shape index (κ2) is 7.51. The van der Waals surface area contributed by atoms with E-state index in [-0.39, 0.29) is 5.78 Å². The summed E-state index contributed by atoms with van der Waals surface area (Å²) < 4.78 is 4.13. The molecule has 0 aromatic carbocycles. The number of aryl methyl sites for hydroxylation is 1. The molecule has 0 amide bonds. The van der Waals surface area contributed by atoms with E-state index in [1.165, 1.54) is 24.6 Å². The molecule has 0 unspecified atom stereocenters. The zero-order valence-corrected chi connectivity index (χ0v) is 15.5. The number of hydrogen-bond acceptors (Lipinski definition) is 5. The SMILES string of the molecule is CCCn1c(C)cc(C(=O)CSc2nnnn2C2CCCC2)c1C. The number of hydrogen-bond donors (Lipinski definition) is 0. The highest BCUT2D eigenvalue weighted by Crippen LogP contribution is 2.31. The largest absolute Gasteiger partial charge is 0.348 e. The van der Waals surface area contributed by atoms with Crippen LogP contribution < -0.4 is 0 Å². The van der Waals surface area contributed by atoms with E-state index in [9.17, 15) is 4.79 Å². The average Bonchev–Trinajstić information content (AvgIpc) is 3.28. The van der Waals surface area contributed by atoms with E-state index in [0.29, 0.717) is 11.8 Å². The van der Waals surface area contributed by atoms with Crippen LogP contribution in [0, 0.1) is 13.8 Å². The molecule has 7 heteroatoms. The summed E-state index contributed by atoms with van der Waals surface area (Å²) in [5, 5.41) is 12.8. The van der Waals surface area contributed by atoms with Gasteiger partial charge >= 0.3 is 0 Å². The lowest BCUT2D eigenvalue weighted by Crippen LogP contribution is -2.10. The molecule has 0 N–H and O–H groups in total. The van der Waals surface area contributed by atoms with E-state index in [0.717, 1.165) is 47.9 Å². The Bertz CT molecular complexity index is 715. The van der Waals surface area contributed by atoms with Crippen molar-refractivity contribution in [1.82, 2.24) is 24.8 Å². The topological polar surface area (TPSA) is 65.6 Å². The van der Waals surface area contributed by atoms with Crippen LogP contribution in [-0.4, -0.2) is 36.3 Å². The van der Waals surface area contributed by atoms with E-state index >= 15 is 0 Å². The van der Waals surface area contributed by atoms with Crippen LogP contribution in [0.5, 0.6) is 0 Å². The predicted molar refractivity (Wildman–Crippen MR) is 94.6 cm³/mol. The standard InChI is InChI=1S/C17H25N5OS/c1-4-9-21-12(2)10-15(13(21)3)16(23)11-24-17-18-19-20-22(17)14-7-5-6-8-14/h10,14H,4-9,11H2,1-3H3. The van der Waals surface area contributed by atoms with E-state index in [1.54, 1.807) is 0 Å². The lowest BCUT2D eigenvalue weighted by Gasteiger charge is -2.10. The fourth-order valence-electron chi connectivity index (χ4n) is 3.52. The highest BCUT2D eigenvalue weighted by atomic mass is 32.2. The molecule has 24 heavy (non-hydrogen) atoms. The first kappa shape index (κ1) is 17.2. The van der Waals surface area contributed by atoms with E-state index in [2.05, 4.69) is 33.9 Å². The van der Waals surface area contributed by atoms with Crippen LogP contribution in [0.25, 0.3) is 0 Å². The first-order valence-corrected chi connectivity index (χ1v) is 9.71. The number of thioether (sulfide) groups is 1. The van der Waals surface area contributed by atoms with E-state index < -0.39 is 0 Å². The molecule has 3 rings (SSSR count). The van der Waals surface area contributed by atoms with Crippen LogP contribution in [0.4, 0.5) is 0 Å². The maximum Gasteiger partial charge on any atom is 0.210 e. The second-order valence-corrected chi connectivity index (χ2v) is 7.44. The van der Waals surface area contributed by atoms with E-state index in [1.807, 2.05) is 17.7 Å². The summed E-state index contributed by atoms with van der Waals surface area (Å²) in [5.41, 5.74) is 3.04. The molecule has 6 nitrogen and oxygen atoms in total. The summed E-state index contributed by atoms with van der Waals surface area (Å²) in [4.78, 5) is 12.7. The number of tetrazole rings is 1. The van der Waals surface area contributed by atoms with Gasteiger partial charge in [-0.1, -0.05) is 31.5 Å². The summed E-state index contributed by atoms with van der Waals surface area (Å²) in [5.74, 6) is 0.528. The highest BCUT2D eigenvalue weighted by Gasteiger charge is 2.23. The molecule has 1 fully saturated rings. The summed E-state index contributed by atoms with van der Waals surface area (Å²) in [6, 6.07) is 2.40. The Labute approximate surface area is 147 Å². The van der Waals surface area contributed by atoms with Crippen LogP contribution in [0.15, 0.2) is 11.2 Å². The number of nitrogens with zero attached hydrogens (tertiary/aromatic N) is 5. The minimum absolute atomic E-state index is 0.149. The van der Waals surface area contributed by atoms with Crippen LogP contribution in [0.2, 0.25) is 0 Å². The summed E-state index contributed by atoms with van der Waals surface area (Å²) in [7, 11) is 0. The highest BCUT2D eigenvalue weighted by molar-refractivity contribution is 7.99. The van der Waals surface area contributed by atoms with Crippen molar-refractivity contribution in [1.29, 1.82) is 0 Å². The lowest BCUT2D eigenvalue weighted by molar-refractivity contribution is 0.102. The normalized spacial score (nSPS) is 15.3. The Hall–Kier alpha value is -1.63. The van der Waals surface area contributed by atoms with Gasteiger partial charge in [0, 0.05) is 23.5 Å². The number of carbonyl (C=O) groups is 1. The smallest absolute Gasteiger partial charge is 0.210 e. The quantitative estimate of drug-likeness (QED) is 0.565. The molecule has 0 spiro atoms. The monoisotopic (exact) mass is 347 g/mol. The molecule has 0 saturated heterocycles. The van der Waals surface area contributed by atoms with Gasteiger partial charge in [0.2, 0.25) is 5.16 Å². The van der Waals surface area contributed by atoms with Crippen molar-refractivity contribution in [2.24, 2.45) is 0 Å². The third-order valence-corrected chi connectivity index (χ3v) is 5.72. The van der Waals surface area contributed by atoms with Crippen LogP contribution in [0.1, 0.15) is 66.8 Å². The first-order valence-electron chi connectivity index (χ1n) is 8.72. The van der Waals surface area contributed by atoms with Gasteiger partial charge in [0.1, 0.15) is 0 Å². The van der Waals surface area contributed by atoms with Gasteiger partial charge in [-0.25, -0.2) is 4.68 Å². The number of rotatable bonds is 7. The Kier molecular flexibility index (Phi) is 5.38. The molecule has 2 aromatic rings. The Morgan fingerprint density at radius 1 is 1.33 bits per heavy atom. The average molecular weight is 347 g/mol. The van der Waals surface area contributed by atoms with Gasteiger partial charge in [-0.2, -0.15) is 0 Å². The van der Waals surface area contributed by atoms with Gasteiger partial charge in [0.05, 0.1) is 11.8 Å². The van der Waals surface area contributed by atoms with Crippen molar-refractivity contribution in [3.63, 3.8) is 0 Å². The van der Waals surface area contributed by atoms with Gasteiger partial charge < -0.3 is 4.57 Å². The van der Waals surface area contributed by atoms with Crippen LogP contribution >= 0.6 is 11.8 Å². The van der Waals surface area contributed by atoms with Crippen molar-refractivity contribution in [2.75, 3.05) is 5.75 Å². The third-order valence-electron chi connectivity index (χ3n) is 4.79.